The zero-order valence-electron chi connectivity index (χ0n) is 9.96. The number of nitrogens with zero attached hydrogens (tertiary/aromatic N) is 1. The van der Waals surface area contributed by atoms with Crippen LogP contribution in [-0.2, 0) is 6.42 Å². The maximum absolute atomic E-state index is 13.4. The van der Waals surface area contributed by atoms with E-state index in [2.05, 4.69) is 6.07 Å². The molecule has 0 saturated heterocycles. The van der Waals surface area contributed by atoms with Gasteiger partial charge in [0.2, 0.25) is 0 Å². The Morgan fingerprint density at radius 3 is 2.94 bits per heavy atom. The summed E-state index contributed by atoms with van der Waals surface area (Å²) in [6, 6.07) is 4.68. The molecule has 17 heavy (non-hydrogen) atoms. The van der Waals surface area contributed by atoms with Gasteiger partial charge in [-0.25, -0.2) is 4.39 Å². The maximum Gasteiger partial charge on any atom is 0.128 e. The third-order valence-corrected chi connectivity index (χ3v) is 3.02. The van der Waals surface area contributed by atoms with Crippen molar-refractivity contribution in [2.24, 2.45) is 5.73 Å². The molecule has 0 amide bonds. The van der Waals surface area contributed by atoms with Crippen molar-refractivity contribution in [1.29, 1.82) is 5.26 Å². The molecule has 1 heterocycles. The quantitative estimate of drug-likeness (QED) is 0.855. The van der Waals surface area contributed by atoms with Gasteiger partial charge in [0.05, 0.1) is 12.5 Å². The Bertz CT molecular complexity index is 493. The van der Waals surface area contributed by atoms with E-state index in [-0.39, 0.29) is 18.3 Å². The molecule has 3 nitrogen and oxygen atoms in total. The van der Waals surface area contributed by atoms with Crippen molar-refractivity contribution >= 4 is 0 Å². The molecule has 0 aromatic heterocycles. The van der Waals surface area contributed by atoms with Crippen LogP contribution in [0.15, 0.2) is 12.1 Å². The van der Waals surface area contributed by atoms with Crippen LogP contribution >= 0.6 is 0 Å². The predicted octanol–water partition coefficient (Wildman–Crippen LogP) is 2.45. The standard InChI is InChI=1S/C13H15FN2O/c1-8(16)11-6-10(14)5-9-7-13(2,3-4-15)17-12(9)11/h5-6,8H,3,7,16H2,1-2H3/t8-,13?/m1/s1. The van der Waals surface area contributed by atoms with Crippen LogP contribution in [0.1, 0.15) is 37.4 Å². The van der Waals surface area contributed by atoms with Crippen molar-refractivity contribution in [3.05, 3.63) is 29.1 Å². The largest absolute Gasteiger partial charge is 0.486 e. The van der Waals surface area contributed by atoms with Crippen LogP contribution < -0.4 is 10.5 Å². The predicted molar refractivity (Wildman–Crippen MR) is 62.0 cm³/mol. The Kier molecular flexibility index (Phi) is 2.80. The molecule has 1 aliphatic heterocycles. The smallest absolute Gasteiger partial charge is 0.128 e. The summed E-state index contributed by atoms with van der Waals surface area (Å²) in [6.07, 6.45) is 0.828. The van der Waals surface area contributed by atoms with Gasteiger partial charge in [0.15, 0.2) is 0 Å². The van der Waals surface area contributed by atoms with Crippen molar-refractivity contribution in [2.45, 2.75) is 38.3 Å². The first kappa shape index (κ1) is 11.9. The van der Waals surface area contributed by atoms with E-state index in [9.17, 15) is 4.39 Å². The fourth-order valence-corrected chi connectivity index (χ4v) is 2.22. The van der Waals surface area contributed by atoms with Crippen LogP contribution in [0, 0.1) is 17.1 Å². The molecule has 90 valence electrons. The molecule has 0 radical (unpaired) electrons. The minimum Gasteiger partial charge on any atom is -0.486 e. The van der Waals surface area contributed by atoms with E-state index in [1.165, 1.54) is 12.1 Å². The summed E-state index contributed by atoms with van der Waals surface area (Å²) in [5.74, 6) is 0.347. The fourth-order valence-electron chi connectivity index (χ4n) is 2.22. The molecule has 0 spiro atoms. The number of halogens is 1. The van der Waals surface area contributed by atoms with Crippen LogP contribution in [0.2, 0.25) is 0 Å². The highest BCUT2D eigenvalue weighted by Gasteiger charge is 2.36. The minimum absolute atomic E-state index is 0.279. The van der Waals surface area contributed by atoms with Gasteiger partial charge in [0, 0.05) is 23.6 Å². The van der Waals surface area contributed by atoms with Crippen LogP contribution in [-0.4, -0.2) is 5.60 Å². The van der Waals surface area contributed by atoms with Crippen LogP contribution in [0.3, 0.4) is 0 Å². The van der Waals surface area contributed by atoms with Gasteiger partial charge in [-0.05, 0) is 26.0 Å². The van der Waals surface area contributed by atoms with Gasteiger partial charge in [0.1, 0.15) is 17.2 Å². The van der Waals surface area contributed by atoms with Crippen molar-refractivity contribution in [2.75, 3.05) is 0 Å². The van der Waals surface area contributed by atoms with E-state index in [0.717, 1.165) is 5.56 Å². The first-order valence-corrected chi connectivity index (χ1v) is 5.59. The number of ether oxygens (including phenoxy) is 1. The molecule has 0 aliphatic carbocycles. The second kappa shape index (κ2) is 4.01. The molecule has 0 fully saturated rings. The minimum atomic E-state index is -0.561. The summed E-state index contributed by atoms with van der Waals surface area (Å²) < 4.78 is 19.3. The average molecular weight is 234 g/mol. The number of nitrogens with two attached hydrogens (primary N) is 1. The van der Waals surface area contributed by atoms with Crippen LogP contribution in [0.25, 0.3) is 0 Å². The normalized spacial score (nSPS) is 23.7. The maximum atomic E-state index is 13.4. The molecule has 2 atom stereocenters. The van der Waals surface area contributed by atoms with Gasteiger partial charge in [-0.15, -0.1) is 0 Å². The average Bonchev–Trinajstić information content (AvgIpc) is 2.53. The van der Waals surface area contributed by atoms with Gasteiger partial charge in [0.25, 0.3) is 0 Å². The second-order valence-electron chi connectivity index (χ2n) is 4.84. The third kappa shape index (κ3) is 2.11. The lowest BCUT2D eigenvalue weighted by molar-refractivity contribution is 0.120. The molecule has 1 aromatic rings. The van der Waals surface area contributed by atoms with Gasteiger partial charge in [-0.3, -0.25) is 0 Å². The number of fused-ring (bicyclic) bond motifs is 1. The first-order valence-electron chi connectivity index (χ1n) is 5.59. The zero-order chi connectivity index (χ0) is 12.6. The molecule has 1 aliphatic rings. The molecule has 0 saturated carbocycles. The van der Waals surface area contributed by atoms with Crippen molar-refractivity contribution < 1.29 is 9.13 Å². The highest BCUT2D eigenvalue weighted by Crippen LogP contribution is 2.41. The van der Waals surface area contributed by atoms with Crippen molar-refractivity contribution in [3.63, 3.8) is 0 Å². The SMILES string of the molecule is C[C@@H](N)c1cc(F)cc2c1OC(C)(CC#N)C2. The molecule has 2 rings (SSSR count). The topological polar surface area (TPSA) is 59.0 Å². The lowest BCUT2D eigenvalue weighted by atomic mass is 9.95. The monoisotopic (exact) mass is 234 g/mol. The Morgan fingerprint density at radius 1 is 1.65 bits per heavy atom. The summed E-state index contributed by atoms with van der Waals surface area (Å²) in [5.41, 5.74) is 6.71. The van der Waals surface area contributed by atoms with Gasteiger partial charge in [-0.1, -0.05) is 0 Å². The molecule has 2 N–H and O–H groups in total. The summed E-state index contributed by atoms with van der Waals surface area (Å²) in [7, 11) is 0. The number of hydrogen-bond donors (Lipinski definition) is 1. The highest BCUT2D eigenvalue weighted by atomic mass is 19.1. The van der Waals surface area contributed by atoms with Gasteiger partial charge >= 0.3 is 0 Å². The van der Waals surface area contributed by atoms with Crippen LogP contribution in [0.5, 0.6) is 5.75 Å². The zero-order valence-corrected chi connectivity index (χ0v) is 9.96. The van der Waals surface area contributed by atoms with E-state index in [1.807, 2.05) is 6.92 Å². The molecule has 4 heteroatoms. The molecule has 0 bridgehead atoms. The Hall–Kier alpha value is -1.60. The van der Waals surface area contributed by atoms with E-state index in [1.54, 1.807) is 6.92 Å². The summed E-state index contributed by atoms with van der Waals surface area (Å²) in [4.78, 5) is 0. The van der Waals surface area contributed by atoms with Crippen molar-refractivity contribution in [1.82, 2.24) is 0 Å². The third-order valence-electron chi connectivity index (χ3n) is 3.02. The molecular formula is C13H15FN2O. The number of hydrogen-bond acceptors (Lipinski definition) is 3. The number of benzene rings is 1. The summed E-state index contributed by atoms with van der Waals surface area (Å²) >= 11 is 0. The molecule has 1 unspecified atom stereocenters. The lowest BCUT2D eigenvalue weighted by Gasteiger charge is -2.21. The second-order valence-corrected chi connectivity index (χ2v) is 4.84. The lowest BCUT2D eigenvalue weighted by Crippen LogP contribution is -2.29. The van der Waals surface area contributed by atoms with Crippen LogP contribution in [0.4, 0.5) is 4.39 Å². The van der Waals surface area contributed by atoms with Gasteiger partial charge in [-0.2, -0.15) is 5.26 Å². The number of nitriles is 1. The Labute approximate surface area is 100.0 Å². The molecule has 1 aromatic carbocycles. The van der Waals surface area contributed by atoms with Crippen molar-refractivity contribution in [3.8, 4) is 11.8 Å². The van der Waals surface area contributed by atoms with E-state index in [0.29, 0.717) is 17.7 Å². The van der Waals surface area contributed by atoms with E-state index >= 15 is 0 Å². The highest BCUT2D eigenvalue weighted by molar-refractivity contribution is 5.47. The Balaban J connectivity index is 2.45. The Morgan fingerprint density at radius 2 is 2.35 bits per heavy atom. The first-order chi connectivity index (χ1) is 7.95. The van der Waals surface area contributed by atoms with E-state index < -0.39 is 5.60 Å². The van der Waals surface area contributed by atoms with E-state index in [4.69, 9.17) is 15.7 Å². The summed E-state index contributed by atoms with van der Waals surface area (Å²) in [6.45, 7) is 3.65. The number of rotatable bonds is 2. The summed E-state index contributed by atoms with van der Waals surface area (Å²) in [5, 5.41) is 8.78. The fraction of sp³-hybridized carbons (Fsp3) is 0.462. The van der Waals surface area contributed by atoms with Gasteiger partial charge < -0.3 is 10.5 Å². The molecular weight excluding hydrogens is 219 g/mol.